The molecule has 4 nitrogen and oxygen atoms in total. The third-order valence-corrected chi connectivity index (χ3v) is 2.35. The fraction of sp³-hybridized carbons (Fsp3) is 0.250. The molecule has 1 rings (SSSR count). The van der Waals surface area contributed by atoms with Gasteiger partial charge in [-0.1, -0.05) is 12.1 Å². The number of primary sulfonamides is 1. The first-order valence-corrected chi connectivity index (χ1v) is 5.69. The Bertz CT molecular complexity index is 406. The Morgan fingerprint density at radius 3 is 2.57 bits per heavy atom. The van der Waals surface area contributed by atoms with Gasteiger partial charge in [-0.3, -0.25) is 0 Å². The third kappa shape index (κ3) is 3.71. The Balaban J connectivity index is 2.51. The van der Waals surface area contributed by atoms with Crippen LogP contribution in [-0.2, 0) is 10.0 Å². The van der Waals surface area contributed by atoms with Gasteiger partial charge in [0.25, 0.3) is 0 Å². The summed E-state index contributed by atoms with van der Waals surface area (Å²) in [6.45, 7) is 0.0970. The lowest BCUT2D eigenvalue weighted by Gasteiger charge is -2.05. The van der Waals surface area contributed by atoms with Gasteiger partial charge >= 0.3 is 0 Å². The molecule has 0 amide bonds. The summed E-state index contributed by atoms with van der Waals surface area (Å²) in [5, 5.41) is 7.41. The van der Waals surface area contributed by atoms with E-state index < -0.39 is 15.8 Å². The molecule has 0 aliphatic carbocycles. The number of para-hydroxylation sites is 1. The molecule has 0 aliphatic rings. The maximum absolute atomic E-state index is 13.0. The molecule has 0 atom stereocenters. The van der Waals surface area contributed by atoms with Crippen molar-refractivity contribution in [3.8, 4) is 0 Å². The second-order valence-electron chi connectivity index (χ2n) is 2.77. The summed E-state index contributed by atoms with van der Waals surface area (Å²) in [6, 6.07) is 6.03. The van der Waals surface area contributed by atoms with E-state index in [0.717, 1.165) is 0 Å². The number of nitrogens with one attached hydrogen (secondary N) is 1. The normalized spacial score (nSPS) is 11.3. The van der Waals surface area contributed by atoms with E-state index in [9.17, 15) is 12.8 Å². The second-order valence-corrected chi connectivity index (χ2v) is 4.51. The highest BCUT2D eigenvalue weighted by Crippen LogP contribution is 2.11. The SMILES string of the molecule is NS(=O)(=O)CCNc1ccccc1F. The highest BCUT2D eigenvalue weighted by Gasteiger charge is 2.03. The van der Waals surface area contributed by atoms with Crippen LogP contribution in [0.4, 0.5) is 10.1 Å². The fourth-order valence-corrected chi connectivity index (χ4v) is 1.32. The van der Waals surface area contributed by atoms with E-state index in [-0.39, 0.29) is 18.0 Å². The van der Waals surface area contributed by atoms with Crippen LogP contribution >= 0.6 is 0 Å². The van der Waals surface area contributed by atoms with Crippen LogP contribution in [0, 0.1) is 5.82 Å². The van der Waals surface area contributed by atoms with Gasteiger partial charge in [-0.25, -0.2) is 17.9 Å². The van der Waals surface area contributed by atoms with E-state index in [0.29, 0.717) is 0 Å². The van der Waals surface area contributed by atoms with Crippen LogP contribution in [0.15, 0.2) is 24.3 Å². The smallest absolute Gasteiger partial charge is 0.210 e. The number of hydrogen-bond donors (Lipinski definition) is 2. The van der Waals surface area contributed by atoms with Gasteiger partial charge in [-0.05, 0) is 12.1 Å². The van der Waals surface area contributed by atoms with E-state index in [4.69, 9.17) is 5.14 Å². The van der Waals surface area contributed by atoms with Crippen LogP contribution in [0.1, 0.15) is 0 Å². The Morgan fingerprint density at radius 2 is 2.00 bits per heavy atom. The molecule has 1 aromatic rings. The monoisotopic (exact) mass is 218 g/mol. The van der Waals surface area contributed by atoms with Gasteiger partial charge in [-0.15, -0.1) is 0 Å². The minimum atomic E-state index is -3.49. The van der Waals surface area contributed by atoms with Crippen molar-refractivity contribution in [3.05, 3.63) is 30.1 Å². The van der Waals surface area contributed by atoms with E-state index in [1.165, 1.54) is 12.1 Å². The molecule has 0 fully saturated rings. The molecule has 3 N–H and O–H groups in total. The number of hydrogen-bond acceptors (Lipinski definition) is 3. The number of anilines is 1. The molecular weight excluding hydrogens is 207 g/mol. The molecular formula is C8H11FN2O2S. The molecule has 0 bridgehead atoms. The van der Waals surface area contributed by atoms with Crippen LogP contribution in [0.25, 0.3) is 0 Å². The summed E-state index contributed by atoms with van der Waals surface area (Å²) in [6.07, 6.45) is 0. The van der Waals surface area contributed by atoms with E-state index in [2.05, 4.69) is 5.32 Å². The first-order chi connectivity index (χ1) is 6.49. The van der Waals surface area contributed by atoms with Crippen LogP contribution < -0.4 is 10.5 Å². The number of rotatable bonds is 4. The summed E-state index contributed by atoms with van der Waals surface area (Å²) < 4.78 is 34.1. The molecule has 0 heterocycles. The van der Waals surface area contributed by atoms with Gasteiger partial charge in [0.15, 0.2) is 0 Å². The predicted molar refractivity (Wildman–Crippen MR) is 52.9 cm³/mol. The van der Waals surface area contributed by atoms with E-state index in [1.54, 1.807) is 12.1 Å². The molecule has 78 valence electrons. The molecule has 6 heteroatoms. The fourth-order valence-electron chi connectivity index (χ4n) is 0.933. The molecule has 0 saturated carbocycles. The molecule has 14 heavy (non-hydrogen) atoms. The zero-order chi connectivity index (χ0) is 10.6. The summed E-state index contributed by atoms with van der Waals surface area (Å²) in [4.78, 5) is 0. The first-order valence-electron chi connectivity index (χ1n) is 3.98. The minimum absolute atomic E-state index is 0.0970. The topological polar surface area (TPSA) is 72.2 Å². The Hall–Kier alpha value is -1.14. The van der Waals surface area contributed by atoms with E-state index >= 15 is 0 Å². The lowest BCUT2D eigenvalue weighted by atomic mass is 10.3. The number of benzene rings is 1. The van der Waals surface area contributed by atoms with Gasteiger partial charge in [0, 0.05) is 6.54 Å². The summed E-state index contributed by atoms with van der Waals surface area (Å²) in [5.41, 5.74) is 0.274. The highest BCUT2D eigenvalue weighted by molar-refractivity contribution is 7.89. The van der Waals surface area contributed by atoms with Crippen LogP contribution in [0.5, 0.6) is 0 Å². The Morgan fingerprint density at radius 1 is 1.36 bits per heavy atom. The van der Waals surface area contributed by atoms with Gasteiger partial charge in [-0.2, -0.15) is 0 Å². The summed E-state index contributed by atoms with van der Waals surface area (Å²) >= 11 is 0. The van der Waals surface area contributed by atoms with Crippen molar-refractivity contribution in [2.75, 3.05) is 17.6 Å². The van der Waals surface area contributed by atoms with Crippen molar-refractivity contribution in [3.63, 3.8) is 0 Å². The van der Waals surface area contributed by atoms with Crippen LogP contribution in [-0.4, -0.2) is 20.7 Å². The summed E-state index contributed by atoms with van der Waals surface area (Å²) in [7, 11) is -3.49. The maximum atomic E-state index is 13.0. The average Bonchev–Trinajstić information content (AvgIpc) is 2.06. The number of sulfonamides is 1. The average molecular weight is 218 g/mol. The Labute approximate surface area is 82.0 Å². The Kier molecular flexibility index (Phi) is 3.43. The predicted octanol–water partition coefficient (Wildman–Crippen LogP) is 0.526. The molecule has 0 aromatic heterocycles. The molecule has 0 spiro atoms. The quantitative estimate of drug-likeness (QED) is 0.774. The van der Waals surface area contributed by atoms with Crippen molar-refractivity contribution in [1.29, 1.82) is 0 Å². The minimum Gasteiger partial charge on any atom is -0.382 e. The van der Waals surface area contributed by atoms with Crippen LogP contribution in [0.2, 0.25) is 0 Å². The van der Waals surface area contributed by atoms with Gasteiger partial charge in [0.05, 0.1) is 11.4 Å². The number of halogens is 1. The lowest BCUT2D eigenvalue weighted by molar-refractivity contribution is 0.597. The van der Waals surface area contributed by atoms with Crippen molar-refractivity contribution < 1.29 is 12.8 Å². The zero-order valence-electron chi connectivity index (χ0n) is 7.40. The second kappa shape index (κ2) is 4.39. The van der Waals surface area contributed by atoms with Gasteiger partial charge < -0.3 is 5.32 Å². The molecule has 0 aliphatic heterocycles. The largest absolute Gasteiger partial charge is 0.382 e. The highest BCUT2D eigenvalue weighted by atomic mass is 32.2. The van der Waals surface area contributed by atoms with Gasteiger partial charge in [0.2, 0.25) is 10.0 Å². The van der Waals surface area contributed by atoms with Crippen LogP contribution in [0.3, 0.4) is 0 Å². The lowest BCUT2D eigenvalue weighted by Crippen LogP contribution is -2.22. The van der Waals surface area contributed by atoms with E-state index in [1.807, 2.05) is 0 Å². The summed E-state index contributed by atoms with van der Waals surface area (Å²) in [5.74, 6) is -0.636. The number of nitrogens with two attached hydrogens (primary N) is 1. The third-order valence-electron chi connectivity index (χ3n) is 1.58. The van der Waals surface area contributed by atoms with Crippen molar-refractivity contribution in [2.45, 2.75) is 0 Å². The van der Waals surface area contributed by atoms with Gasteiger partial charge in [0.1, 0.15) is 5.82 Å². The molecule has 0 radical (unpaired) electrons. The van der Waals surface area contributed by atoms with Crippen molar-refractivity contribution in [2.24, 2.45) is 5.14 Å². The molecule has 0 saturated heterocycles. The molecule has 1 aromatic carbocycles. The maximum Gasteiger partial charge on any atom is 0.210 e. The standard InChI is InChI=1S/C8H11FN2O2S/c9-7-3-1-2-4-8(7)11-5-6-14(10,12)13/h1-4,11H,5-6H2,(H2,10,12,13). The van der Waals surface area contributed by atoms with Crippen molar-refractivity contribution >= 4 is 15.7 Å². The first kappa shape index (κ1) is 10.9. The van der Waals surface area contributed by atoms with Crippen molar-refractivity contribution in [1.82, 2.24) is 0 Å². The zero-order valence-corrected chi connectivity index (χ0v) is 8.22. The molecule has 0 unspecified atom stereocenters.